The third kappa shape index (κ3) is 2.62. The molecular weight excluding hydrogens is 250 g/mol. The Morgan fingerprint density at radius 3 is 2.68 bits per heavy atom. The molecule has 8 nitrogen and oxygen atoms in total. The molecule has 4 N–H and O–H groups in total. The topological polar surface area (TPSA) is 123 Å². The van der Waals surface area contributed by atoms with Crippen LogP contribution in [0.25, 0.3) is 5.70 Å². The van der Waals surface area contributed by atoms with Crippen molar-refractivity contribution in [1.82, 2.24) is 15.1 Å². The van der Waals surface area contributed by atoms with E-state index in [4.69, 9.17) is 11.1 Å². The number of rotatable bonds is 4. The monoisotopic (exact) mass is 265 g/mol. The van der Waals surface area contributed by atoms with Crippen LogP contribution in [0.5, 0.6) is 0 Å². The van der Waals surface area contributed by atoms with Gasteiger partial charge >= 0.3 is 5.97 Å². The van der Waals surface area contributed by atoms with Crippen molar-refractivity contribution in [2.24, 2.45) is 0 Å². The molecule has 0 saturated heterocycles. The maximum absolute atomic E-state index is 12.0. The van der Waals surface area contributed by atoms with Crippen LogP contribution in [-0.4, -0.2) is 36.1 Å². The number of nitrogen functional groups attached to an aromatic ring is 1. The zero-order chi connectivity index (χ0) is 14.6. The molecule has 0 amide bonds. The van der Waals surface area contributed by atoms with Gasteiger partial charge in [0.15, 0.2) is 5.69 Å². The molecule has 8 heteroatoms. The highest BCUT2D eigenvalue weighted by molar-refractivity contribution is 6.00. The number of ether oxygens (including phenoxy) is 1. The molecule has 0 saturated carbocycles. The molecule has 0 radical (unpaired) electrons. The van der Waals surface area contributed by atoms with E-state index in [2.05, 4.69) is 15.2 Å². The second-order valence-electron chi connectivity index (χ2n) is 3.60. The van der Waals surface area contributed by atoms with Crippen molar-refractivity contribution in [2.75, 3.05) is 19.9 Å². The van der Waals surface area contributed by atoms with Crippen LogP contribution in [0.4, 0.5) is 5.69 Å². The highest BCUT2D eigenvalue weighted by Gasteiger charge is 2.19. The summed E-state index contributed by atoms with van der Waals surface area (Å²) in [6, 6.07) is 0. The molecule has 0 bridgehead atoms. The first-order chi connectivity index (χ1) is 8.97. The Balaban J connectivity index is 3.63. The Morgan fingerprint density at radius 2 is 2.21 bits per heavy atom. The van der Waals surface area contributed by atoms with Crippen molar-refractivity contribution in [3.8, 4) is 0 Å². The predicted molar refractivity (Wildman–Crippen MR) is 71.1 cm³/mol. The number of carbonyl (C=O) groups is 1. The number of aromatic nitrogens is 2. The number of anilines is 1. The van der Waals surface area contributed by atoms with E-state index in [1.165, 1.54) is 20.2 Å². The Bertz CT molecular complexity index is 603. The largest absolute Gasteiger partial charge is 0.464 e. The van der Waals surface area contributed by atoms with Crippen LogP contribution in [0.15, 0.2) is 11.0 Å². The van der Waals surface area contributed by atoms with Crippen molar-refractivity contribution in [3.05, 3.63) is 27.8 Å². The molecule has 19 heavy (non-hydrogen) atoms. The molecule has 102 valence electrons. The number of nitrogens with two attached hydrogens (primary N) is 1. The molecule has 0 aliphatic rings. The van der Waals surface area contributed by atoms with E-state index in [9.17, 15) is 9.59 Å². The van der Waals surface area contributed by atoms with Crippen LogP contribution in [0, 0.1) is 12.3 Å². The number of allylic oxidation sites excluding steroid dienone is 1. The molecular formula is C11H15N5O3. The minimum absolute atomic E-state index is 0.0260. The van der Waals surface area contributed by atoms with E-state index in [0.29, 0.717) is 0 Å². The Labute approximate surface area is 109 Å². The molecule has 0 aromatic carbocycles. The van der Waals surface area contributed by atoms with Gasteiger partial charge in [0.2, 0.25) is 0 Å². The molecule has 0 spiro atoms. The number of hydrogen-bond acceptors (Lipinski definition) is 7. The summed E-state index contributed by atoms with van der Waals surface area (Å²) in [7, 11) is 2.80. The van der Waals surface area contributed by atoms with Crippen LogP contribution < -0.4 is 16.6 Å². The number of nitrogens with one attached hydrogen (secondary N) is 2. The highest BCUT2D eigenvalue weighted by Crippen LogP contribution is 2.12. The summed E-state index contributed by atoms with van der Waals surface area (Å²) < 4.78 is 5.47. The number of nitrogens with zero attached hydrogens (tertiary/aromatic N) is 2. The number of carbonyl (C=O) groups excluding carboxylic acids is 1. The average molecular weight is 265 g/mol. The molecule has 0 unspecified atom stereocenters. The van der Waals surface area contributed by atoms with Gasteiger partial charge in [-0.2, -0.15) is 9.78 Å². The number of methoxy groups -OCH3 is 1. The van der Waals surface area contributed by atoms with Gasteiger partial charge in [-0.25, -0.2) is 4.79 Å². The lowest BCUT2D eigenvalue weighted by Crippen LogP contribution is -2.30. The van der Waals surface area contributed by atoms with Crippen molar-refractivity contribution in [3.63, 3.8) is 0 Å². The third-order valence-corrected chi connectivity index (χ3v) is 2.44. The summed E-state index contributed by atoms with van der Waals surface area (Å²) in [5.41, 5.74) is 5.31. The SMILES string of the molecule is CN/C=C(\C=N)n1nc(C(=O)OC)c(N)c(C)c1=O. The van der Waals surface area contributed by atoms with Gasteiger partial charge in [0.25, 0.3) is 5.56 Å². The van der Waals surface area contributed by atoms with Gasteiger partial charge in [-0.05, 0) is 6.92 Å². The van der Waals surface area contributed by atoms with Crippen LogP contribution in [0.2, 0.25) is 0 Å². The summed E-state index contributed by atoms with van der Waals surface area (Å²) in [5, 5.41) is 13.8. The first-order valence-electron chi connectivity index (χ1n) is 5.33. The summed E-state index contributed by atoms with van der Waals surface area (Å²) in [4.78, 5) is 23.6. The standard InChI is InChI=1S/C11H15N5O3/c1-6-8(13)9(11(18)19-3)15-16(10(6)17)7(4-12)5-14-2/h4-5,12,14H,13H2,1-3H3/b7-5+,12-4?. The lowest BCUT2D eigenvalue weighted by atomic mass is 10.2. The normalized spacial score (nSPS) is 11.0. The van der Waals surface area contributed by atoms with E-state index < -0.39 is 11.5 Å². The zero-order valence-corrected chi connectivity index (χ0v) is 10.9. The highest BCUT2D eigenvalue weighted by atomic mass is 16.5. The number of esters is 1. The summed E-state index contributed by atoms with van der Waals surface area (Å²) in [5.74, 6) is -0.747. The first kappa shape index (κ1) is 14.4. The van der Waals surface area contributed by atoms with Gasteiger partial charge in [-0.3, -0.25) is 4.79 Å². The maximum Gasteiger partial charge on any atom is 0.360 e. The third-order valence-electron chi connectivity index (χ3n) is 2.44. The summed E-state index contributed by atoms with van der Waals surface area (Å²) in [6.45, 7) is 1.48. The Morgan fingerprint density at radius 1 is 1.58 bits per heavy atom. The molecule has 0 fully saturated rings. The fourth-order valence-electron chi connectivity index (χ4n) is 1.39. The van der Waals surface area contributed by atoms with Crippen molar-refractivity contribution in [1.29, 1.82) is 5.41 Å². The van der Waals surface area contributed by atoms with Crippen LogP contribution in [-0.2, 0) is 4.74 Å². The molecule has 1 rings (SSSR count). The molecule has 1 aromatic heterocycles. The second-order valence-corrected chi connectivity index (χ2v) is 3.60. The Kier molecular flexibility index (Phi) is 4.41. The smallest absolute Gasteiger partial charge is 0.360 e. The van der Waals surface area contributed by atoms with Gasteiger partial charge in [-0.1, -0.05) is 0 Å². The summed E-state index contributed by atoms with van der Waals surface area (Å²) in [6.07, 6.45) is 2.33. The van der Waals surface area contributed by atoms with Crippen LogP contribution in [0.1, 0.15) is 16.1 Å². The van der Waals surface area contributed by atoms with Gasteiger partial charge in [0.1, 0.15) is 5.70 Å². The summed E-state index contributed by atoms with van der Waals surface area (Å²) >= 11 is 0. The van der Waals surface area contributed by atoms with Crippen LogP contribution in [0.3, 0.4) is 0 Å². The van der Waals surface area contributed by atoms with E-state index in [0.717, 1.165) is 10.9 Å². The van der Waals surface area contributed by atoms with Crippen molar-refractivity contribution < 1.29 is 9.53 Å². The molecule has 0 atom stereocenters. The zero-order valence-electron chi connectivity index (χ0n) is 10.9. The second kappa shape index (κ2) is 5.80. The fraction of sp³-hybridized carbons (Fsp3) is 0.273. The lowest BCUT2D eigenvalue weighted by Gasteiger charge is -2.11. The minimum Gasteiger partial charge on any atom is -0.464 e. The van der Waals surface area contributed by atoms with Crippen molar-refractivity contribution in [2.45, 2.75) is 6.92 Å². The van der Waals surface area contributed by atoms with Gasteiger partial charge in [0, 0.05) is 25.0 Å². The van der Waals surface area contributed by atoms with Crippen molar-refractivity contribution >= 4 is 23.6 Å². The maximum atomic E-state index is 12.0. The fourth-order valence-corrected chi connectivity index (χ4v) is 1.39. The molecule has 0 aliphatic heterocycles. The Hall–Kier alpha value is -2.64. The lowest BCUT2D eigenvalue weighted by molar-refractivity contribution is 0.0593. The van der Waals surface area contributed by atoms with Crippen LogP contribution >= 0.6 is 0 Å². The molecule has 1 aromatic rings. The van der Waals surface area contributed by atoms with Gasteiger partial charge in [-0.15, -0.1) is 0 Å². The van der Waals surface area contributed by atoms with E-state index in [1.54, 1.807) is 7.05 Å². The number of hydrogen-bond donors (Lipinski definition) is 3. The molecule has 0 aliphatic carbocycles. The van der Waals surface area contributed by atoms with Gasteiger partial charge in [0.05, 0.1) is 12.8 Å². The first-order valence-corrected chi connectivity index (χ1v) is 5.33. The molecule has 1 heterocycles. The van der Waals surface area contributed by atoms with E-state index >= 15 is 0 Å². The average Bonchev–Trinajstić information content (AvgIpc) is 2.42. The quantitative estimate of drug-likeness (QED) is 0.502. The minimum atomic E-state index is -0.747. The van der Waals surface area contributed by atoms with Gasteiger partial charge < -0.3 is 21.2 Å². The predicted octanol–water partition coefficient (Wildman–Crippen LogP) is -0.412. The van der Waals surface area contributed by atoms with E-state index in [1.807, 2.05) is 0 Å². The van der Waals surface area contributed by atoms with E-state index in [-0.39, 0.29) is 22.6 Å².